The molecule has 1 rings (SSSR count). The topological polar surface area (TPSA) is 42.2 Å². The van der Waals surface area contributed by atoms with Crippen molar-refractivity contribution in [2.45, 2.75) is 39.7 Å². The maximum absolute atomic E-state index is 11.9. The number of aryl methyl sites for hydroxylation is 2. The molecule has 1 unspecified atom stereocenters. The van der Waals surface area contributed by atoms with E-state index in [1.54, 1.807) is 13.0 Å². The molecule has 0 aliphatic carbocycles. The van der Waals surface area contributed by atoms with Crippen molar-refractivity contribution in [3.05, 3.63) is 23.2 Å². The van der Waals surface area contributed by atoms with E-state index < -0.39 is 0 Å². The fraction of sp³-hybridized carbons (Fsp3) is 0.583. The van der Waals surface area contributed by atoms with Crippen molar-refractivity contribution in [3.63, 3.8) is 0 Å². The number of amides is 1. The van der Waals surface area contributed by atoms with E-state index in [4.69, 9.17) is 16.0 Å². The number of carbonyl (C=O) groups excluding carboxylic acids is 1. The van der Waals surface area contributed by atoms with E-state index in [-0.39, 0.29) is 11.9 Å². The first-order chi connectivity index (χ1) is 7.58. The number of furan rings is 1. The van der Waals surface area contributed by atoms with Gasteiger partial charge < -0.3 is 9.73 Å². The number of hydrogen-bond acceptors (Lipinski definition) is 2. The van der Waals surface area contributed by atoms with Crippen molar-refractivity contribution in [1.82, 2.24) is 5.32 Å². The molecule has 3 nitrogen and oxygen atoms in total. The molecule has 1 aromatic heterocycles. The van der Waals surface area contributed by atoms with E-state index in [1.165, 1.54) is 0 Å². The van der Waals surface area contributed by atoms with Crippen LogP contribution >= 0.6 is 11.6 Å². The Bertz CT molecular complexity index is 360. The van der Waals surface area contributed by atoms with E-state index in [9.17, 15) is 4.79 Å². The van der Waals surface area contributed by atoms with E-state index in [0.717, 1.165) is 18.6 Å². The Morgan fingerprint density at radius 3 is 2.69 bits per heavy atom. The third-order valence-corrected chi connectivity index (χ3v) is 2.79. The summed E-state index contributed by atoms with van der Waals surface area (Å²) in [5.41, 5.74) is 0.616. The zero-order chi connectivity index (χ0) is 12.1. The van der Waals surface area contributed by atoms with Gasteiger partial charge in [-0.15, -0.1) is 11.6 Å². The number of hydrogen-bond donors (Lipinski definition) is 1. The van der Waals surface area contributed by atoms with Gasteiger partial charge in [0.25, 0.3) is 5.91 Å². The quantitative estimate of drug-likeness (QED) is 0.808. The van der Waals surface area contributed by atoms with Gasteiger partial charge in [-0.2, -0.15) is 0 Å². The lowest BCUT2D eigenvalue weighted by Crippen LogP contribution is -2.34. The van der Waals surface area contributed by atoms with Crippen LogP contribution in [0.2, 0.25) is 0 Å². The van der Waals surface area contributed by atoms with E-state index in [1.807, 2.05) is 13.8 Å². The third-order valence-electron chi connectivity index (χ3n) is 2.57. The highest BCUT2D eigenvalue weighted by Crippen LogP contribution is 2.14. The van der Waals surface area contributed by atoms with Crippen molar-refractivity contribution in [1.29, 1.82) is 0 Å². The molecule has 1 amide bonds. The van der Waals surface area contributed by atoms with Crippen LogP contribution in [0.5, 0.6) is 0 Å². The highest BCUT2D eigenvalue weighted by Gasteiger charge is 2.16. The number of halogens is 1. The molecule has 0 aliphatic rings. The minimum Gasteiger partial charge on any atom is -0.466 e. The molecule has 90 valence electrons. The molecule has 16 heavy (non-hydrogen) atoms. The monoisotopic (exact) mass is 243 g/mol. The molecule has 1 heterocycles. The summed E-state index contributed by atoms with van der Waals surface area (Å²) in [5, 5.41) is 2.95. The van der Waals surface area contributed by atoms with Crippen LogP contribution in [0.3, 0.4) is 0 Å². The summed E-state index contributed by atoms with van der Waals surface area (Å²) in [7, 11) is 0. The second-order valence-electron chi connectivity index (χ2n) is 3.88. The van der Waals surface area contributed by atoms with Crippen LogP contribution < -0.4 is 5.32 Å². The van der Waals surface area contributed by atoms with Crippen molar-refractivity contribution in [3.8, 4) is 0 Å². The molecule has 0 bridgehead atoms. The number of nitrogens with one attached hydrogen (secondary N) is 1. The first-order valence-electron chi connectivity index (χ1n) is 5.52. The molecule has 1 aromatic rings. The average molecular weight is 244 g/mol. The summed E-state index contributed by atoms with van der Waals surface area (Å²) in [6.07, 6.45) is 1.67. The Hall–Kier alpha value is -0.960. The molecule has 0 saturated carbocycles. The van der Waals surface area contributed by atoms with Gasteiger partial charge in [-0.1, -0.05) is 6.92 Å². The smallest absolute Gasteiger partial charge is 0.255 e. The molecule has 0 aliphatic heterocycles. The van der Waals surface area contributed by atoms with Gasteiger partial charge >= 0.3 is 0 Å². The minimum atomic E-state index is -0.0775. The van der Waals surface area contributed by atoms with Crippen LogP contribution in [-0.4, -0.2) is 17.8 Å². The highest BCUT2D eigenvalue weighted by atomic mass is 35.5. The molecule has 0 aromatic carbocycles. The number of rotatable bonds is 5. The molecule has 0 radical (unpaired) electrons. The predicted molar refractivity (Wildman–Crippen MR) is 65.1 cm³/mol. The Kier molecular flexibility index (Phi) is 4.87. The van der Waals surface area contributed by atoms with Crippen LogP contribution in [0.4, 0.5) is 0 Å². The summed E-state index contributed by atoms with van der Waals surface area (Å²) < 4.78 is 5.32. The van der Waals surface area contributed by atoms with Gasteiger partial charge in [0.2, 0.25) is 0 Å². The van der Waals surface area contributed by atoms with Crippen molar-refractivity contribution < 1.29 is 9.21 Å². The Labute approximate surface area is 101 Å². The van der Waals surface area contributed by atoms with Gasteiger partial charge in [0, 0.05) is 11.9 Å². The standard InChI is InChI=1S/C12H18ClNO2/c1-4-10(5-6-13)14-12(15)11-7-8(2)16-9(11)3/h7,10H,4-6H2,1-3H3,(H,14,15). The maximum atomic E-state index is 11.9. The predicted octanol–water partition coefficient (Wildman–Crippen LogP) is 3.03. The molecular weight excluding hydrogens is 226 g/mol. The first-order valence-corrected chi connectivity index (χ1v) is 6.05. The van der Waals surface area contributed by atoms with Crippen LogP contribution in [0.1, 0.15) is 41.6 Å². The maximum Gasteiger partial charge on any atom is 0.255 e. The Morgan fingerprint density at radius 1 is 1.56 bits per heavy atom. The van der Waals surface area contributed by atoms with Gasteiger partial charge in [0.05, 0.1) is 5.56 Å². The van der Waals surface area contributed by atoms with Crippen molar-refractivity contribution in [2.24, 2.45) is 0 Å². The lowest BCUT2D eigenvalue weighted by Gasteiger charge is -2.14. The van der Waals surface area contributed by atoms with Crippen LogP contribution in [0.25, 0.3) is 0 Å². The van der Waals surface area contributed by atoms with Gasteiger partial charge in [-0.3, -0.25) is 4.79 Å². The Morgan fingerprint density at radius 2 is 2.25 bits per heavy atom. The highest BCUT2D eigenvalue weighted by molar-refractivity contribution is 6.17. The van der Waals surface area contributed by atoms with Crippen LogP contribution in [-0.2, 0) is 0 Å². The summed E-state index contributed by atoms with van der Waals surface area (Å²) in [4.78, 5) is 11.9. The molecule has 0 fully saturated rings. The number of alkyl halides is 1. The van der Waals surface area contributed by atoms with Crippen molar-refractivity contribution in [2.75, 3.05) is 5.88 Å². The normalized spacial score (nSPS) is 12.5. The fourth-order valence-electron chi connectivity index (χ4n) is 1.63. The van der Waals surface area contributed by atoms with Gasteiger partial charge in [-0.05, 0) is 32.8 Å². The fourth-order valence-corrected chi connectivity index (χ4v) is 1.89. The third kappa shape index (κ3) is 3.27. The second kappa shape index (κ2) is 5.94. The lowest BCUT2D eigenvalue weighted by atomic mass is 10.1. The van der Waals surface area contributed by atoms with E-state index in [2.05, 4.69) is 5.32 Å². The lowest BCUT2D eigenvalue weighted by molar-refractivity contribution is 0.0933. The average Bonchev–Trinajstić information content (AvgIpc) is 2.57. The van der Waals surface area contributed by atoms with Crippen LogP contribution in [0.15, 0.2) is 10.5 Å². The molecular formula is C12H18ClNO2. The minimum absolute atomic E-state index is 0.0775. The molecule has 1 N–H and O–H groups in total. The van der Waals surface area contributed by atoms with Crippen molar-refractivity contribution >= 4 is 17.5 Å². The largest absolute Gasteiger partial charge is 0.466 e. The number of carbonyl (C=O) groups is 1. The van der Waals surface area contributed by atoms with Gasteiger partial charge in [-0.25, -0.2) is 0 Å². The second-order valence-corrected chi connectivity index (χ2v) is 4.26. The molecule has 0 spiro atoms. The van der Waals surface area contributed by atoms with E-state index in [0.29, 0.717) is 17.2 Å². The SMILES string of the molecule is CCC(CCCl)NC(=O)c1cc(C)oc1C. The zero-order valence-electron chi connectivity index (χ0n) is 9.97. The first kappa shape index (κ1) is 13.1. The zero-order valence-corrected chi connectivity index (χ0v) is 10.7. The van der Waals surface area contributed by atoms with Crippen LogP contribution in [0, 0.1) is 13.8 Å². The molecule has 1 atom stereocenters. The summed E-state index contributed by atoms with van der Waals surface area (Å²) in [6, 6.07) is 1.90. The molecule has 0 saturated heterocycles. The van der Waals surface area contributed by atoms with Gasteiger partial charge in [0.15, 0.2) is 0 Å². The Balaban J connectivity index is 2.67. The van der Waals surface area contributed by atoms with Gasteiger partial charge in [0.1, 0.15) is 11.5 Å². The summed E-state index contributed by atoms with van der Waals surface area (Å²) in [5.74, 6) is 1.90. The van der Waals surface area contributed by atoms with E-state index >= 15 is 0 Å². The molecule has 4 heteroatoms. The summed E-state index contributed by atoms with van der Waals surface area (Å²) in [6.45, 7) is 5.66. The summed E-state index contributed by atoms with van der Waals surface area (Å²) >= 11 is 5.67.